The SMILES string of the molecule is CCOc1ccc(C(=O)Nc2ccc(S(N)(=O)=O)cc2)cc1. The van der Waals surface area contributed by atoms with Crippen LogP contribution in [0.1, 0.15) is 17.3 Å². The topological polar surface area (TPSA) is 98.5 Å². The summed E-state index contributed by atoms with van der Waals surface area (Å²) in [7, 11) is -3.74. The summed E-state index contributed by atoms with van der Waals surface area (Å²) in [5.41, 5.74) is 0.949. The van der Waals surface area contributed by atoms with Crippen molar-refractivity contribution in [3.63, 3.8) is 0 Å². The van der Waals surface area contributed by atoms with Crippen LogP contribution in [0.15, 0.2) is 53.4 Å². The van der Waals surface area contributed by atoms with Gasteiger partial charge in [-0.15, -0.1) is 0 Å². The minimum atomic E-state index is -3.74. The van der Waals surface area contributed by atoms with E-state index in [0.717, 1.165) is 0 Å². The van der Waals surface area contributed by atoms with Crippen LogP contribution in [0.4, 0.5) is 5.69 Å². The van der Waals surface area contributed by atoms with E-state index in [1.807, 2.05) is 6.92 Å². The van der Waals surface area contributed by atoms with E-state index in [1.54, 1.807) is 24.3 Å². The average Bonchev–Trinajstić information content (AvgIpc) is 2.48. The number of nitrogens with two attached hydrogens (primary N) is 1. The second kappa shape index (κ2) is 6.59. The number of hydrogen-bond donors (Lipinski definition) is 2. The fourth-order valence-corrected chi connectivity index (χ4v) is 2.32. The summed E-state index contributed by atoms with van der Waals surface area (Å²) >= 11 is 0. The van der Waals surface area contributed by atoms with Crippen molar-refractivity contribution in [3.05, 3.63) is 54.1 Å². The van der Waals surface area contributed by atoms with Crippen LogP contribution in [0.3, 0.4) is 0 Å². The molecule has 0 spiro atoms. The summed E-state index contributed by atoms with van der Waals surface area (Å²) < 4.78 is 27.6. The van der Waals surface area contributed by atoms with Gasteiger partial charge >= 0.3 is 0 Å². The Morgan fingerprint density at radius 2 is 1.68 bits per heavy atom. The lowest BCUT2D eigenvalue weighted by Gasteiger charge is -2.07. The molecule has 116 valence electrons. The lowest BCUT2D eigenvalue weighted by atomic mass is 10.2. The Labute approximate surface area is 129 Å². The van der Waals surface area contributed by atoms with Gasteiger partial charge in [0.2, 0.25) is 10.0 Å². The number of nitrogens with one attached hydrogen (secondary N) is 1. The molecule has 0 saturated carbocycles. The maximum absolute atomic E-state index is 12.1. The molecule has 0 saturated heterocycles. The molecule has 0 fully saturated rings. The Kier molecular flexibility index (Phi) is 4.79. The molecule has 0 bridgehead atoms. The number of carbonyl (C=O) groups is 1. The van der Waals surface area contributed by atoms with Crippen LogP contribution in [-0.2, 0) is 10.0 Å². The number of carbonyl (C=O) groups excluding carboxylic acids is 1. The molecular weight excluding hydrogens is 304 g/mol. The van der Waals surface area contributed by atoms with Crippen molar-refractivity contribution in [2.75, 3.05) is 11.9 Å². The summed E-state index contributed by atoms with van der Waals surface area (Å²) in [6, 6.07) is 12.4. The van der Waals surface area contributed by atoms with Crippen LogP contribution in [0.2, 0.25) is 0 Å². The molecule has 3 N–H and O–H groups in total. The Morgan fingerprint density at radius 1 is 1.09 bits per heavy atom. The van der Waals surface area contributed by atoms with Gasteiger partial charge < -0.3 is 10.1 Å². The van der Waals surface area contributed by atoms with E-state index in [1.165, 1.54) is 24.3 Å². The van der Waals surface area contributed by atoms with Gasteiger partial charge in [-0.25, -0.2) is 13.6 Å². The normalized spacial score (nSPS) is 11.0. The highest BCUT2D eigenvalue weighted by atomic mass is 32.2. The predicted molar refractivity (Wildman–Crippen MR) is 83.4 cm³/mol. The van der Waals surface area contributed by atoms with Crippen LogP contribution in [0.25, 0.3) is 0 Å². The average molecular weight is 320 g/mol. The standard InChI is InChI=1S/C15H16N2O4S/c1-2-21-13-7-3-11(4-8-13)15(18)17-12-5-9-14(10-6-12)22(16,19)20/h3-10H,2H2,1H3,(H,17,18)(H2,16,19,20). The zero-order valence-electron chi connectivity index (χ0n) is 11.9. The van der Waals surface area contributed by atoms with E-state index < -0.39 is 10.0 Å². The van der Waals surface area contributed by atoms with E-state index in [-0.39, 0.29) is 10.8 Å². The molecule has 0 unspecified atom stereocenters. The molecule has 6 nitrogen and oxygen atoms in total. The van der Waals surface area contributed by atoms with Crippen molar-refractivity contribution in [2.24, 2.45) is 5.14 Å². The Morgan fingerprint density at radius 3 is 2.18 bits per heavy atom. The van der Waals surface area contributed by atoms with Gasteiger partial charge in [0, 0.05) is 11.3 Å². The Hall–Kier alpha value is -2.38. The Balaban J connectivity index is 2.08. The highest BCUT2D eigenvalue weighted by molar-refractivity contribution is 7.89. The van der Waals surface area contributed by atoms with Crippen molar-refractivity contribution in [2.45, 2.75) is 11.8 Å². The van der Waals surface area contributed by atoms with Gasteiger partial charge in [-0.05, 0) is 55.5 Å². The lowest BCUT2D eigenvalue weighted by Crippen LogP contribution is -2.13. The Bertz CT molecular complexity index is 753. The van der Waals surface area contributed by atoms with Gasteiger partial charge in [0.15, 0.2) is 0 Å². The molecule has 0 radical (unpaired) electrons. The number of sulfonamides is 1. The first-order chi connectivity index (χ1) is 10.4. The first-order valence-electron chi connectivity index (χ1n) is 6.57. The second-order valence-electron chi connectivity index (χ2n) is 4.48. The minimum absolute atomic E-state index is 0.00781. The maximum atomic E-state index is 12.1. The van der Waals surface area contributed by atoms with Gasteiger partial charge in [0.25, 0.3) is 5.91 Å². The quantitative estimate of drug-likeness (QED) is 0.880. The zero-order valence-corrected chi connectivity index (χ0v) is 12.8. The molecule has 0 aromatic heterocycles. The minimum Gasteiger partial charge on any atom is -0.494 e. The van der Waals surface area contributed by atoms with Gasteiger partial charge in [-0.3, -0.25) is 4.79 Å². The fourth-order valence-electron chi connectivity index (χ4n) is 1.80. The third-order valence-corrected chi connectivity index (χ3v) is 3.80. The van der Waals surface area contributed by atoms with E-state index in [0.29, 0.717) is 23.6 Å². The first kappa shape index (κ1) is 16.0. The lowest BCUT2D eigenvalue weighted by molar-refractivity contribution is 0.102. The van der Waals surface area contributed by atoms with Gasteiger partial charge in [-0.2, -0.15) is 0 Å². The highest BCUT2D eigenvalue weighted by Crippen LogP contribution is 2.16. The first-order valence-corrected chi connectivity index (χ1v) is 8.12. The molecule has 2 aromatic carbocycles. The van der Waals surface area contributed by atoms with E-state index >= 15 is 0 Å². The number of anilines is 1. The fraction of sp³-hybridized carbons (Fsp3) is 0.133. The van der Waals surface area contributed by atoms with Crippen molar-refractivity contribution >= 4 is 21.6 Å². The largest absolute Gasteiger partial charge is 0.494 e. The van der Waals surface area contributed by atoms with Crippen molar-refractivity contribution < 1.29 is 17.9 Å². The van der Waals surface area contributed by atoms with Gasteiger partial charge in [0.1, 0.15) is 5.75 Å². The van der Waals surface area contributed by atoms with Gasteiger partial charge in [0.05, 0.1) is 11.5 Å². The zero-order chi connectivity index (χ0) is 16.2. The van der Waals surface area contributed by atoms with E-state index in [2.05, 4.69) is 5.32 Å². The highest BCUT2D eigenvalue weighted by Gasteiger charge is 2.09. The molecular formula is C15H16N2O4S. The van der Waals surface area contributed by atoms with Crippen molar-refractivity contribution in [3.8, 4) is 5.75 Å². The van der Waals surface area contributed by atoms with Crippen molar-refractivity contribution in [1.29, 1.82) is 0 Å². The number of amides is 1. The van der Waals surface area contributed by atoms with Crippen LogP contribution >= 0.6 is 0 Å². The van der Waals surface area contributed by atoms with E-state index in [9.17, 15) is 13.2 Å². The third kappa shape index (κ3) is 4.06. The summed E-state index contributed by atoms with van der Waals surface area (Å²) in [4.78, 5) is 12.1. The number of primary sulfonamides is 1. The summed E-state index contributed by atoms with van der Waals surface area (Å²) in [5.74, 6) is 0.392. The molecule has 7 heteroatoms. The maximum Gasteiger partial charge on any atom is 0.255 e. The molecule has 2 rings (SSSR count). The number of rotatable bonds is 5. The molecule has 22 heavy (non-hydrogen) atoms. The van der Waals surface area contributed by atoms with Crippen molar-refractivity contribution in [1.82, 2.24) is 0 Å². The molecule has 0 atom stereocenters. The van der Waals surface area contributed by atoms with E-state index in [4.69, 9.17) is 9.88 Å². The number of hydrogen-bond acceptors (Lipinski definition) is 4. The third-order valence-electron chi connectivity index (χ3n) is 2.87. The molecule has 0 aliphatic rings. The number of ether oxygens (including phenoxy) is 1. The molecule has 0 heterocycles. The van der Waals surface area contributed by atoms with Crippen LogP contribution in [0, 0.1) is 0 Å². The van der Waals surface area contributed by atoms with Crippen LogP contribution < -0.4 is 15.2 Å². The predicted octanol–water partition coefficient (Wildman–Crippen LogP) is 1.99. The smallest absolute Gasteiger partial charge is 0.255 e. The van der Waals surface area contributed by atoms with Crippen LogP contribution in [-0.4, -0.2) is 20.9 Å². The monoisotopic (exact) mass is 320 g/mol. The van der Waals surface area contributed by atoms with Gasteiger partial charge in [-0.1, -0.05) is 0 Å². The molecule has 0 aliphatic heterocycles. The molecule has 2 aromatic rings. The second-order valence-corrected chi connectivity index (χ2v) is 6.04. The molecule has 0 aliphatic carbocycles. The molecule has 1 amide bonds. The number of benzene rings is 2. The summed E-state index contributed by atoms with van der Waals surface area (Å²) in [5, 5.41) is 7.68. The summed E-state index contributed by atoms with van der Waals surface area (Å²) in [6.45, 7) is 2.44. The summed E-state index contributed by atoms with van der Waals surface area (Å²) in [6.07, 6.45) is 0. The van der Waals surface area contributed by atoms with Crippen LogP contribution in [0.5, 0.6) is 5.75 Å².